The molecule has 0 radical (unpaired) electrons. The number of benzene rings is 1. The number of thioether (sulfide) groups is 1. The van der Waals surface area contributed by atoms with E-state index in [-0.39, 0.29) is 68.0 Å². The van der Waals surface area contributed by atoms with E-state index in [1.807, 2.05) is 13.8 Å². The molecule has 0 aromatic heterocycles. The molecule has 1 aromatic rings. The molecule has 0 aliphatic carbocycles. The lowest BCUT2D eigenvalue weighted by molar-refractivity contribution is -0.142. The van der Waals surface area contributed by atoms with E-state index in [0.29, 0.717) is 12.0 Å². The summed E-state index contributed by atoms with van der Waals surface area (Å²) in [4.78, 5) is 220. The molecular weight excluding hydrogens is 1290 g/mol. The summed E-state index contributed by atoms with van der Waals surface area (Å²) in [7, 11) is 0. The van der Waals surface area contributed by atoms with Crippen LogP contribution in [0.1, 0.15) is 134 Å². The number of hydrogen-bond acceptors (Lipinski definition) is 20. The van der Waals surface area contributed by atoms with Crippen LogP contribution in [0.25, 0.3) is 0 Å². The van der Waals surface area contributed by atoms with Gasteiger partial charge in [0.15, 0.2) is 5.78 Å². The van der Waals surface area contributed by atoms with E-state index < -0.39 is 227 Å². The summed E-state index contributed by atoms with van der Waals surface area (Å²) in [6.45, 7) is 6.91. The first-order valence-corrected chi connectivity index (χ1v) is 32.3. The molecule has 0 bridgehead atoms. The Bertz CT molecular complexity index is 2930. The lowest BCUT2D eigenvalue weighted by Gasteiger charge is -2.27. The summed E-state index contributed by atoms with van der Waals surface area (Å²) in [6.07, 6.45) is -4.77. The lowest BCUT2D eigenvalue weighted by atomic mass is 10.0. The first-order valence-electron chi connectivity index (χ1n) is 30.9. The maximum absolute atomic E-state index is 14.2. The average molecular weight is 1380 g/mol. The minimum absolute atomic E-state index is 0.108. The summed E-state index contributed by atoms with van der Waals surface area (Å²) < 4.78 is 5.59. The molecule has 17 N–H and O–H groups in total. The Labute approximate surface area is 557 Å². The topological polar surface area (TPSA) is 550 Å². The van der Waals surface area contributed by atoms with Crippen LogP contribution in [0, 0.1) is 5.92 Å². The van der Waals surface area contributed by atoms with Crippen LogP contribution in [-0.2, 0) is 87.9 Å². The first-order chi connectivity index (χ1) is 45.1. The Hall–Kier alpha value is -9.32. The normalized spacial score (nSPS) is 15.1. The number of nitrogens with two attached hydrogens (primary N) is 1. The number of carbonyl (C=O) groups excluding carboxylic acids is 12. The second kappa shape index (κ2) is 42.9. The van der Waals surface area contributed by atoms with Crippen molar-refractivity contribution in [3.8, 4) is 0 Å². The second-order valence-corrected chi connectivity index (χ2v) is 24.2. The number of carbonyl (C=O) groups is 17. The molecule has 0 spiro atoms. The third-order valence-electron chi connectivity index (χ3n) is 14.4. The largest absolute Gasteiger partial charge is 0.481 e. The number of likely N-dealkylation sites (tertiary alicyclic amines) is 1. The fraction of sp³-hybridized carbons (Fsp3) is 0.617. The zero-order valence-corrected chi connectivity index (χ0v) is 55.1. The standard InChI is InChI=1S/C60H90N12O23S/c1-31(2)26-41(54(88)63-28-45(74)65-43(30-96-6)59(93)64-32(3)4)71-60(94)44-8-7-24-72(44)46(75)29-95-25-23-62-53(87)42(27-34-9-11-35(12-10-34)33(5)73)70-58(92)40(17-22-51(84)85)69-57(91)39(16-21-50(82)83)68-56(90)38(15-20-49(80)81)67-55(89)37(14-19-48(78)79)66-52(86)36(61)13-18-47(76)77/h9-12,31-32,36-44H,7-8,13-30,61H2,1-6H3,(H,62,87)(H,63,88)(H,64,93)(H,65,74)(H,66,86)(H,67,89)(H,68,90)(H,69,91)(H,70,92)(H,71,94)(H,76,77)(H,78,79)(H,80,81)(H,82,83)(H,84,85)/t36-,37-,38-,39-,40-,41+,42+,43?,44?/m1/s1. The number of nitrogens with zero attached hydrogens (tertiary/aromatic N) is 1. The molecule has 36 heteroatoms. The predicted molar refractivity (Wildman–Crippen MR) is 339 cm³/mol. The van der Waals surface area contributed by atoms with Gasteiger partial charge in [0.1, 0.15) is 54.9 Å². The molecule has 96 heavy (non-hydrogen) atoms. The second-order valence-electron chi connectivity index (χ2n) is 23.3. The Kier molecular flexibility index (Phi) is 37.0. The van der Waals surface area contributed by atoms with E-state index in [9.17, 15) is 102 Å². The van der Waals surface area contributed by atoms with Gasteiger partial charge in [0.05, 0.1) is 19.2 Å². The highest BCUT2D eigenvalue weighted by Gasteiger charge is 2.38. The molecule has 1 saturated heterocycles. The number of carboxylic acids is 5. The Balaban J connectivity index is 2.33. The van der Waals surface area contributed by atoms with Crippen LogP contribution in [-0.4, -0.2) is 236 Å². The fourth-order valence-corrected chi connectivity index (χ4v) is 10.0. The van der Waals surface area contributed by atoms with Crippen LogP contribution in [0.15, 0.2) is 24.3 Å². The molecule has 35 nitrogen and oxygen atoms in total. The molecular formula is C60H90N12O23S. The number of hydrogen-bond donors (Lipinski definition) is 16. The highest BCUT2D eigenvalue weighted by atomic mass is 32.2. The van der Waals surface area contributed by atoms with Crippen molar-refractivity contribution in [2.75, 3.05) is 44.9 Å². The molecule has 1 aliphatic rings. The summed E-state index contributed by atoms with van der Waals surface area (Å²) in [5, 5.41) is 71.4. The van der Waals surface area contributed by atoms with Crippen molar-refractivity contribution in [3.63, 3.8) is 0 Å². The van der Waals surface area contributed by atoms with Gasteiger partial charge in [-0.05, 0) is 89.9 Å². The average Bonchev–Trinajstić information content (AvgIpc) is 1.58. The van der Waals surface area contributed by atoms with Gasteiger partial charge >= 0.3 is 29.8 Å². The molecule has 9 atom stereocenters. The van der Waals surface area contributed by atoms with E-state index in [1.54, 1.807) is 20.1 Å². The monoisotopic (exact) mass is 1380 g/mol. The van der Waals surface area contributed by atoms with Gasteiger partial charge in [0.25, 0.3) is 0 Å². The number of ether oxygens (including phenoxy) is 1. The zero-order chi connectivity index (χ0) is 72.4. The van der Waals surface area contributed by atoms with Crippen LogP contribution >= 0.6 is 11.8 Å². The minimum atomic E-state index is -1.95. The number of amides is 11. The van der Waals surface area contributed by atoms with Gasteiger partial charge in [0.2, 0.25) is 65.0 Å². The van der Waals surface area contributed by atoms with Gasteiger partial charge < -0.3 is 94.1 Å². The summed E-state index contributed by atoms with van der Waals surface area (Å²) in [6, 6.07) is -7.91. The molecule has 1 aromatic carbocycles. The van der Waals surface area contributed by atoms with E-state index >= 15 is 0 Å². The number of Topliss-reactive ketones (excluding diaryl/α,β-unsaturated/α-hetero) is 1. The van der Waals surface area contributed by atoms with Gasteiger partial charge in [-0.2, -0.15) is 11.8 Å². The van der Waals surface area contributed by atoms with Crippen LogP contribution in [0.5, 0.6) is 0 Å². The molecule has 2 unspecified atom stereocenters. The van der Waals surface area contributed by atoms with Gasteiger partial charge in [-0.1, -0.05) is 38.1 Å². The first kappa shape index (κ1) is 82.8. The maximum atomic E-state index is 14.2. The van der Waals surface area contributed by atoms with Gasteiger partial charge in [-0.3, -0.25) is 81.5 Å². The van der Waals surface area contributed by atoms with Crippen molar-refractivity contribution in [1.29, 1.82) is 0 Å². The summed E-state index contributed by atoms with van der Waals surface area (Å²) in [5.74, 6) is -17.5. The smallest absolute Gasteiger partial charge is 0.303 e. The molecule has 1 fully saturated rings. The van der Waals surface area contributed by atoms with E-state index in [1.165, 1.54) is 47.9 Å². The number of rotatable bonds is 46. The van der Waals surface area contributed by atoms with Gasteiger partial charge in [-0.25, -0.2) is 0 Å². The highest BCUT2D eigenvalue weighted by molar-refractivity contribution is 7.98. The molecule has 0 saturated carbocycles. The number of aliphatic carboxylic acids is 5. The van der Waals surface area contributed by atoms with Crippen LogP contribution in [0.2, 0.25) is 0 Å². The number of carboxylic acid groups (broad SMARTS) is 5. The Morgan fingerprint density at radius 1 is 0.542 bits per heavy atom. The van der Waals surface area contributed by atoms with Crippen LogP contribution < -0.4 is 58.9 Å². The van der Waals surface area contributed by atoms with Gasteiger partial charge in [0, 0.05) is 69.0 Å². The minimum Gasteiger partial charge on any atom is -0.481 e. The summed E-state index contributed by atoms with van der Waals surface area (Å²) in [5.41, 5.74) is 6.41. The molecule has 11 amide bonds. The fourth-order valence-electron chi connectivity index (χ4n) is 9.44. The highest BCUT2D eigenvalue weighted by Crippen LogP contribution is 2.19. The molecule has 2 rings (SSSR count). The molecule has 1 heterocycles. The Morgan fingerprint density at radius 3 is 1.42 bits per heavy atom. The SMILES string of the molecule is CSCC(NC(=O)CNC(=O)[C@H](CC(C)C)NC(=O)C1CCCN1C(=O)COCCNC(=O)[C@H](Cc1ccc(C(C)=O)cc1)NC(=O)[C@@H](CCC(=O)O)NC(=O)[C@@H](CCC(=O)O)NC(=O)[C@@H](CCC(=O)O)NC(=O)[C@@H](CCC(=O)O)NC(=O)[C@H](N)CCC(=O)O)C(=O)NC(C)C. The van der Waals surface area contributed by atoms with Crippen molar-refractivity contribution in [2.24, 2.45) is 11.7 Å². The quantitative estimate of drug-likeness (QED) is 0.0224. The molecule has 534 valence electrons. The molecule has 1 aliphatic heterocycles. The maximum Gasteiger partial charge on any atom is 0.303 e. The van der Waals surface area contributed by atoms with Crippen molar-refractivity contribution in [2.45, 2.75) is 185 Å². The van der Waals surface area contributed by atoms with Gasteiger partial charge in [-0.15, -0.1) is 0 Å². The lowest BCUT2D eigenvalue weighted by Crippen LogP contribution is -2.59. The zero-order valence-electron chi connectivity index (χ0n) is 54.3. The van der Waals surface area contributed by atoms with Crippen molar-refractivity contribution < 1.29 is 112 Å². The predicted octanol–water partition coefficient (Wildman–Crippen LogP) is -3.35. The number of nitrogens with one attached hydrogen (secondary N) is 10. The van der Waals surface area contributed by atoms with Crippen molar-refractivity contribution in [1.82, 2.24) is 58.1 Å². The number of ketones is 1. The summed E-state index contributed by atoms with van der Waals surface area (Å²) >= 11 is 1.33. The van der Waals surface area contributed by atoms with Crippen LogP contribution in [0.3, 0.4) is 0 Å². The third kappa shape index (κ3) is 32.2. The van der Waals surface area contributed by atoms with E-state index in [2.05, 4.69) is 53.2 Å². The van der Waals surface area contributed by atoms with Crippen molar-refractivity contribution >= 4 is 112 Å². The van der Waals surface area contributed by atoms with E-state index in [4.69, 9.17) is 15.6 Å². The Morgan fingerprint density at radius 2 is 0.979 bits per heavy atom. The van der Waals surface area contributed by atoms with E-state index in [0.717, 1.165) is 0 Å². The van der Waals surface area contributed by atoms with Crippen LogP contribution in [0.4, 0.5) is 0 Å². The third-order valence-corrected chi connectivity index (χ3v) is 15.1. The van der Waals surface area contributed by atoms with Crippen molar-refractivity contribution in [3.05, 3.63) is 35.4 Å².